The van der Waals surface area contributed by atoms with Crippen molar-refractivity contribution in [3.05, 3.63) is 29.3 Å². The number of ether oxygens (including phenoxy) is 1. The Hall–Kier alpha value is -1.02. The first kappa shape index (κ1) is 13.4. The minimum atomic E-state index is -0.268. The van der Waals surface area contributed by atoms with Crippen LogP contribution in [0.25, 0.3) is 0 Å². The standard InChI is InChI=1S/C16H24O2/c1-12-6-7-14(18-3)13(10-12)11-15(17)16(2)8-4-5-9-16/h6-7,10,15,17H,4-5,8-9,11H2,1-3H3. The van der Waals surface area contributed by atoms with Gasteiger partial charge in [0.1, 0.15) is 5.75 Å². The van der Waals surface area contributed by atoms with Crippen molar-refractivity contribution in [3.63, 3.8) is 0 Å². The number of hydrogen-bond acceptors (Lipinski definition) is 2. The molecule has 18 heavy (non-hydrogen) atoms. The summed E-state index contributed by atoms with van der Waals surface area (Å²) < 4.78 is 5.39. The lowest BCUT2D eigenvalue weighted by molar-refractivity contribution is 0.0419. The van der Waals surface area contributed by atoms with Crippen molar-refractivity contribution in [2.75, 3.05) is 7.11 Å². The van der Waals surface area contributed by atoms with E-state index in [4.69, 9.17) is 4.74 Å². The molecular weight excluding hydrogens is 224 g/mol. The normalized spacial score (nSPS) is 19.8. The van der Waals surface area contributed by atoms with Gasteiger partial charge in [0.15, 0.2) is 0 Å². The van der Waals surface area contributed by atoms with Crippen molar-refractivity contribution in [1.82, 2.24) is 0 Å². The molecule has 0 aromatic heterocycles. The predicted molar refractivity (Wildman–Crippen MR) is 74.0 cm³/mol. The van der Waals surface area contributed by atoms with Gasteiger partial charge in [-0.05, 0) is 36.8 Å². The second-order valence-corrected chi connectivity index (χ2v) is 5.90. The average molecular weight is 248 g/mol. The van der Waals surface area contributed by atoms with E-state index in [-0.39, 0.29) is 11.5 Å². The molecule has 0 radical (unpaired) electrons. The van der Waals surface area contributed by atoms with Crippen molar-refractivity contribution >= 4 is 0 Å². The fraction of sp³-hybridized carbons (Fsp3) is 0.625. The quantitative estimate of drug-likeness (QED) is 0.884. The summed E-state index contributed by atoms with van der Waals surface area (Å²) >= 11 is 0. The van der Waals surface area contributed by atoms with Gasteiger partial charge in [0.25, 0.3) is 0 Å². The first-order valence-electron chi connectivity index (χ1n) is 6.87. The van der Waals surface area contributed by atoms with E-state index in [2.05, 4.69) is 19.9 Å². The topological polar surface area (TPSA) is 29.5 Å². The summed E-state index contributed by atoms with van der Waals surface area (Å²) in [4.78, 5) is 0. The zero-order valence-electron chi connectivity index (χ0n) is 11.7. The number of rotatable bonds is 4. The summed E-state index contributed by atoms with van der Waals surface area (Å²) in [7, 11) is 1.69. The van der Waals surface area contributed by atoms with E-state index >= 15 is 0 Å². The van der Waals surface area contributed by atoms with Crippen molar-refractivity contribution < 1.29 is 9.84 Å². The highest BCUT2D eigenvalue weighted by molar-refractivity contribution is 5.37. The van der Waals surface area contributed by atoms with Gasteiger partial charge in [0, 0.05) is 6.42 Å². The molecule has 1 aliphatic carbocycles. The van der Waals surface area contributed by atoms with Crippen LogP contribution in [0.4, 0.5) is 0 Å². The van der Waals surface area contributed by atoms with E-state index < -0.39 is 0 Å². The van der Waals surface area contributed by atoms with E-state index in [0.29, 0.717) is 6.42 Å². The van der Waals surface area contributed by atoms with E-state index in [1.54, 1.807) is 7.11 Å². The van der Waals surface area contributed by atoms with E-state index in [0.717, 1.165) is 24.2 Å². The summed E-state index contributed by atoms with van der Waals surface area (Å²) in [6.45, 7) is 4.29. The second-order valence-electron chi connectivity index (χ2n) is 5.90. The Kier molecular flexibility index (Phi) is 3.96. The molecule has 0 amide bonds. The Morgan fingerprint density at radius 1 is 1.33 bits per heavy atom. The van der Waals surface area contributed by atoms with Gasteiger partial charge in [-0.2, -0.15) is 0 Å². The molecule has 1 atom stereocenters. The highest BCUT2D eigenvalue weighted by atomic mass is 16.5. The Morgan fingerprint density at radius 2 is 2.00 bits per heavy atom. The smallest absolute Gasteiger partial charge is 0.122 e. The van der Waals surface area contributed by atoms with Crippen molar-refractivity contribution in [1.29, 1.82) is 0 Å². The first-order valence-corrected chi connectivity index (χ1v) is 6.87. The maximum atomic E-state index is 10.5. The summed E-state index contributed by atoms with van der Waals surface area (Å²) in [5.41, 5.74) is 2.43. The molecule has 2 rings (SSSR count). The van der Waals surface area contributed by atoms with Gasteiger partial charge < -0.3 is 9.84 Å². The van der Waals surface area contributed by atoms with Gasteiger partial charge in [-0.25, -0.2) is 0 Å². The molecule has 100 valence electrons. The Balaban J connectivity index is 2.15. The summed E-state index contributed by atoms with van der Waals surface area (Å²) in [6.07, 6.45) is 5.21. The molecule has 0 saturated heterocycles. The molecule has 1 aliphatic rings. The Morgan fingerprint density at radius 3 is 2.61 bits per heavy atom. The van der Waals surface area contributed by atoms with Crippen LogP contribution < -0.4 is 4.74 Å². The molecule has 0 spiro atoms. The monoisotopic (exact) mass is 248 g/mol. The Labute approximate surface area is 110 Å². The third-order valence-corrected chi connectivity index (χ3v) is 4.40. The van der Waals surface area contributed by atoms with Gasteiger partial charge in [-0.1, -0.05) is 37.5 Å². The maximum Gasteiger partial charge on any atom is 0.122 e. The zero-order chi connectivity index (χ0) is 13.2. The number of aliphatic hydroxyl groups excluding tert-OH is 1. The fourth-order valence-electron chi connectivity index (χ4n) is 3.04. The summed E-state index contributed by atoms with van der Waals surface area (Å²) in [6, 6.07) is 6.17. The van der Waals surface area contributed by atoms with Gasteiger partial charge in [0.05, 0.1) is 13.2 Å². The molecule has 0 aliphatic heterocycles. The van der Waals surface area contributed by atoms with Crippen LogP contribution in [0.3, 0.4) is 0 Å². The largest absolute Gasteiger partial charge is 0.496 e. The lowest BCUT2D eigenvalue weighted by Crippen LogP contribution is -2.31. The van der Waals surface area contributed by atoms with Crippen LogP contribution in [0.5, 0.6) is 5.75 Å². The average Bonchev–Trinajstić information content (AvgIpc) is 2.78. The van der Waals surface area contributed by atoms with E-state index in [1.165, 1.54) is 18.4 Å². The van der Waals surface area contributed by atoms with Crippen LogP contribution in [0.1, 0.15) is 43.7 Å². The second kappa shape index (κ2) is 5.31. The summed E-state index contributed by atoms with van der Waals surface area (Å²) in [5, 5.41) is 10.5. The van der Waals surface area contributed by atoms with E-state index in [9.17, 15) is 5.11 Å². The molecule has 2 heteroatoms. The lowest BCUT2D eigenvalue weighted by Gasteiger charge is -2.30. The molecule has 0 heterocycles. The molecular formula is C16H24O2. The van der Waals surface area contributed by atoms with Crippen LogP contribution in [-0.4, -0.2) is 18.3 Å². The van der Waals surface area contributed by atoms with Crippen LogP contribution in [0, 0.1) is 12.3 Å². The van der Waals surface area contributed by atoms with Gasteiger partial charge in [0.2, 0.25) is 0 Å². The minimum absolute atomic E-state index is 0.0920. The van der Waals surface area contributed by atoms with Gasteiger partial charge >= 0.3 is 0 Å². The number of methoxy groups -OCH3 is 1. The van der Waals surface area contributed by atoms with Crippen LogP contribution in [-0.2, 0) is 6.42 Å². The molecule has 1 N–H and O–H groups in total. The van der Waals surface area contributed by atoms with Crippen molar-refractivity contribution in [3.8, 4) is 5.75 Å². The third kappa shape index (κ3) is 2.69. The first-order chi connectivity index (χ1) is 8.55. The number of benzene rings is 1. The molecule has 1 fully saturated rings. The van der Waals surface area contributed by atoms with E-state index in [1.807, 2.05) is 12.1 Å². The molecule has 1 aromatic carbocycles. The molecule has 1 aromatic rings. The molecule has 1 saturated carbocycles. The van der Waals surface area contributed by atoms with Crippen LogP contribution in [0.15, 0.2) is 18.2 Å². The fourth-order valence-corrected chi connectivity index (χ4v) is 3.04. The number of aliphatic hydroxyl groups is 1. The van der Waals surface area contributed by atoms with Crippen LogP contribution in [0.2, 0.25) is 0 Å². The SMILES string of the molecule is COc1ccc(C)cc1CC(O)C1(C)CCCC1. The number of hydrogen-bond donors (Lipinski definition) is 1. The summed E-state index contributed by atoms with van der Waals surface area (Å²) in [5.74, 6) is 0.890. The molecule has 2 nitrogen and oxygen atoms in total. The maximum absolute atomic E-state index is 10.5. The van der Waals surface area contributed by atoms with Crippen LogP contribution >= 0.6 is 0 Å². The highest BCUT2D eigenvalue weighted by Crippen LogP contribution is 2.42. The lowest BCUT2D eigenvalue weighted by atomic mass is 9.79. The van der Waals surface area contributed by atoms with Gasteiger partial charge in [-0.3, -0.25) is 0 Å². The predicted octanol–water partition coefficient (Wildman–Crippen LogP) is 3.49. The van der Waals surface area contributed by atoms with Crippen molar-refractivity contribution in [2.24, 2.45) is 5.41 Å². The third-order valence-electron chi connectivity index (χ3n) is 4.40. The number of aryl methyl sites for hydroxylation is 1. The molecule has 0 bridgehead atoms. The van der Waals surface area contributed by atoms with Crippen molar-refractivity contribution in [2.45, 2.75) is 52.1 Å². The Bertz CT molecular complexity index is 406. The zero-order valence-corrected chi connectivity index (χ0v) is 11.7. The minimum Gasteiger partial charge on any atom is -0.496 e. The highest BCUT2D eigenvalue weighted by Gasteiger charge is 2.36. The molecule has 1 unspecified atom stereocenters. The van der Waals surface area contributed by atoms with Gasteiger partial charge in [-0.15, -0.1) is 0 Å².